The van der Waals surface area contributed by atoms with E-state index >= 15 is 0 Å². The molecule has 0 spiro atoms. The summed E-state index contributed by atoms with van der Waals surface area (Å²) in [5.41, 5.74) is 0. The minimum atomic E-state index is -0.648. The number of hydrogen-bond acceptors (Lipinski definition) is 4. The number of rotatable bonds is 8. The summed E-state index contributed by atoms with van der Waals surface area (Å²) in [6, 6.07) is 0. The summed E-state index contributed by atoms with van der Waals surface area (Å²) in [7, 11) is 3.06. The topological polar surface area (TPSA) is 70.0 Å². The van der Waals surface area contributed by atoms with Crippen molar-refractivity contribution in [2.75, 3.05) is 20.8 Å². The normalized spacial score (nSPS) is 16.4. The molecule has 102 valence electrons. The van der Waals surface area contributed by atoms with Gasteiger partial charge in [0.25, 0.3) is 0 Å². The Kier molecular flexibility index (Phi) is 8.12. The zero-order valence-electron chi connectivity index (χ0n) is 11.2. The molecule has 3 atom stereocenters. The van der Waals surface area contributed by atoms with E-state index in [0.717, 1.165) is 12.8 Å². The SMILES string of the molecule is CON(C)C(=O)C(C)C[C@H](C)CCC(O)CO. The molecule has 0 aliphatic carbocycles. The molecule has 0 rings (SSSR count). The van der Waals surface area contributed by atoms with E-state index in [-0.39, 0.29) is 18.4 Å². The fourth-order valence-corrected chi connectivity index (χ4v) is 1.79. The molecule has 5 nitrogen and oxygen atoms in total. The minimum Gasteiger partial charge on any atom is -0.394 e. The molecule has 1 amide bonds. The van der Waals surface area contributed by atoms with Crippen LogP contribution < -0.4 is 0 Å². The second-order valence-corrected chi connectivity index (χ2v) is 4.67. The molecule has 0 fully saturated rings. The second-order valence-electron chi connectivity index (χ2n) is 4.67. The van der Waals surface area contributed by atoms with E-state index in [4.69, 9.17) is 9.94 Å². The first-order valence-corrected chi connectivity index (χ1v) is 6.02. The number of aliphatic hydroxyl groups is 2. The van der Waals surface area contributed by atoms with Crippen LogP contribution in [0.15, 0.2) is 0 Å². The Hall–Kier alpha value is -0.650. The third kappa shape index (κ3) is 6.61. The summed E-state index contributed by atoms with van der Waals surface area (Å²) in [6.45, 7) is 3.71. The Labute approximate surface area is 103 Å². The Morgan fingerprint density at radius 1 is 1.35 bits per heavy atom. The van der Waals surface area contributed by atoms with Gasteiger partial charge in [-0.1, -0.05) is 13.8 Å². The molecule has 0 aliphatic heterocycles. The van der Waals surface area contributed by atoms with Crippen LogP contribution in [0.5, 0.6) is 0 Å². The first-order chi connectivity index (χ1) is 7.92. The predicted molar refractivity (Wildman–Crippen MR) is 65.1 cm³/mol. The van der Waals surface area contributed by atoms with Gasteiger partial charge in [0, 0.05) is 13.0 Å². The summed E-state index contributed by atoms with van der Waals surface area (Å²) < 4.78 is 0. The van der Waals surface area contributed by atoms with Gasteiger partial charge in [-0.2, -0.15) is 0 Å². The predicted octanol–water partition coefficient (Wildman–Crippen LogP) is 0.802. The third-order valence-electron chi connectivity index (χ3n) is 2.97. The van der Waals surface area contributed by atoms with Gasteiger partial charge in [-0.25, -0.2) is 5.06 Å². The first kappa shape index (κ1) is 16.4. The fraction of sp³-hybridized carbons (Fsp3) is 0.917. The lowest BCUT2D eigenvalue weighted by atomic mass is 9.92. The molecule has 0 saturated carbocycles. The van der Waals surface area contributed by atoms with Crippen LogP contribution in [0.4, 0.5) is 0 Å². The lowest BCUT2D eigenvalue weighted by molar-refractivity contribution is -0.173. The standard InChI is InChI=1S/C12H25NO4/c1-9(5-6-11(15)8-14)7-10(2)12(16)13(3)17-4/h9-11,14-15H,5-8H2,1-4H3/t9-,10?,11?/m1/s1. The van der Waals surface area contributed by atoms with Gasteiger partial charge in [0.05, 0.1) is 19.8 Å². The minimum absolute atomic E-state index is 0.0398. The highest BCUT2D eigenvalue weighted by atomic mass is 16.7. The van der Waals surface area contributed by atoms with Gasteiger partial charge in [0.2, 0.25) is 5.91 Å². The highest BCUT2D eigenvalue weighted by Crippen LogP contribution is 2.19. The highest BCUT2D eigenvalue weighted by molar-refractivity contribution is 5.77. The van der Waals surface area contributed by atoms with E-state index in [9.17, 15) is 9.90 Å². The van der Waals surface area contributed by atoms with Gasteiger partial charge >= 0.3 is 0 Å². The quantitative estimate of drug-likeness (QED) is 0.622. The maximum atomic E-state index is 11.7. The molecule has 0 radical (unpaired) electrons. The average molecular weight is 247 g/mol. The third-order valence-corrected chi connectivity index (χ3v) is 2.97. The van der Waals surface area contributed by atoms with Crippen LogP contribution in [0.25, 0.3) is 0 Å². The molecule has 2 N–H and O–H groups in total. The Morgan fingerprint density at radius 3 is 2.41 bits per heavy atom. The van der Waals surface area contributed by atoms with Crippen molar-refractivity contribution in [2.45, 2.75) is 39.2 Å². The number of hydroxylamine groups is 2. The van der Waals surface area contributed by atoms with Crippen molar-refractivity contribution >= 4 is 5.91 Å². The molecule has 0 heterocycles. The number of nitrogens with zero attached hydrogens (tertiary/aromatic N) is 1. The number of carbonyl (C=O) groups excluding carboxylic acids is 1. The summed E-state index contributed by atoms with van der Waals surface area (Å²) in [5, 5.41) is 19.2. The van der Waals surface area contributed by atoms with Crippen molar-refractivity contribution in [2.24, 2.45) is 11.8 Å². The monoisotopic (exact) mass is 247 g/mol. The van der Waals surface area contributed by atoms with Gasteiger partial charge in [0.1, 0.15) is 0 Å². The Balaban J connectivity index is 3.94. The largest absolute Gasteiger partial charge is 0.394 e. The maximum absolute atomic E-state index is 11.7. The van der Waals surface area contributed by atoms with Crippen molar-refractivity contribution in [3.05, 3.63) is 0 Å². The molecule has 0 aromatic carbocycles. The van der Waals surface area contributed by atoms with Crippen molar-refractivity contribution in [3.8, 4) is 0 Å². The smallest absolute Gasteiger partial charge is 0.248 e. The maximum Gasteiger partial charge on any atom is 0.248 e. The molecule has 5 heteroatoms. The molecule has 0 aromatic heterocycles. The number of aliphatic hydroxyl groups excluding tert-OH is 2. The van der Waals surface area contributed by atoms with Crippen LogP contribution >= 0.6 is 0 Å². The van der Waals surface area contributed by atoms with Crippen LogP contribution in [0.3, 0.4) is 0 Å². The Bertz CT molecular complexity index is 223. The molecule has 2 unspecified atom stereocenters. The van der Waals surface area contributed by atoms with Crippen molar-refractivity contribution in [1.29, 1.82) is 0 Å². The lowest BCUT2D eigenvalue weighted by Crippen LogP contribution is -2.31. The van der Waals surface area contributed by atoms with E-state index in [1.54, 1.807) is 7.05 Å². The number of hydrogen-bond donors (Lipinski definition) is 2. The van der Waals surface area contributed by atoms with E-state index in [0.29, 0.717) is 12.3 Å². The van der Waals surface area contributed by atoms with Gasteiger partial charge in [0.15, 0.2) is 0 Å². The molecule has 0 saturated heterocycles. The van der Waals surface area contributed by atoms with Gasteiger partial charge in [-0.3, -0.25) is 9.63 Å². The van der Waals surface area contributed by atoms with Crippen molar-refractivity contribution < 1.29 is 19.8 Å². The summed E-state index contributed by atoms with van der Waals surface area (Å²) in [5.74, 6) is 0.198. The van der Waals surface area contributed by atoms with Crippen LogP contribution in [-0.2, 0) is 9.63 Å². The molecule has 17 heavy (non-hydrogen) atoms. The van der Waals surface area contributed by atoms with E-state index in [1.807, 2.05) is 13.8 Å². The zero-order chi connectivity index (χ0) is 13.4. The Morgan fingerprint density at radius 2 is 1.94 bits per heavy atom. The van der Waals surface area contributed by atoms with E-state index < -0.39 is 6.10 Å². The first-order valence-electron chi connectivity index (χ1n) is 6.02. The number of amides is 1. The van der Waals surface area contributed by atoms with Crippen LogP contribution in [0, 0.1) is 11.8 Å². The van der Waals surface area contributed by atoms with E-state index in [1.165, 1.54) is 12.2 Å². The molecular weight excluding hydrogens is 222 g/mol. The molecule has 0 aliphatic rings. The van der Waals surface area contributed by atoms with Crippen LogP contribution in [-0.4, -0.2) is 48.1 Å². The zero-order valence-corrected chi connectivity index (χ0v) is 11.2. The van der Waals surface area contributed by atoms with Crippen molar-refractivity contribution in [3.63, 3.8) is 0 Å². The molecule has 0 aromatic rings. The summed E-state index contributed by atoms with van der Waals surface area (Å²) >= 11 is 0. The molecule has 0 bridgehead atoms. The van der Waals surface area contributed by atoms with Crippen molar-refractivity contribution in [1.82, 2.24) is 5.06 Å². The highest BCUT2D eigenvalue weighted by Gasteiger charge is 2.20. The average Bonchev–Trinajstić information content (AvgIpc) is 2.33. The molecular formula is C12H25NO4. The second kappa shape index (κ2) is 8.44. The van der Waals surface area contributed by atoms with Crippen LogP contribution in [0.1, 0.15) is 33.1 Å². The van der Waals surface area contributed by atoms with Gasteiger partial charge in [-0.15, -0.1) is 0 Å². The van der Waals surface area contributed by atoms with Gasteiger partial charge < -0.3 is 10.2 Å². The summed E-state index contributed by atoms with van der Waals surface area (Å²) in [6.07, 6.45) is 1.48. The van der Waals surface area contributed by atoms with E-state index in [2.05, 4.69) is 0 Å². The fourth-order valence-electron chi connectivity index (χ4n) is 1.79. The summed E-state index contributed by atoms with van der Waals surface area (Å²) in [4.78, 5) is 16.6. The number of carbonyl (C=O) groups is 1. The lowest BCUT2D eigenvalue weighted by Gasteiger charge is -2.21. The van der Waals surface area contributed by atoms with Crippen LogP contribution in [0.2, 0.25) is 0 Å². The van der Waals surface area contributed by atoms with Gasteiger partial charge in [-0.05, 0) is 25.2 Å².